The number of rotatable bonds is 4. The highest BCUT2D eigenvalue weighted by molar-refractivity contribution is 7.98. The van der Waals surface area contributed by atoms with Crippen molar-refractivity contribution in [2.75, 3.05) is 13.9 Å². The molecule has 0 fully saturated rings. The molecule has 2 aromatic rings. The first kappa shape index (κ1) is 14.2. The molecule has 3 nitrogen and oxygen atoms in total. The molecule has 0 spiro atoms. The first-order valence-corrected chi connectivity index (χ1v) is 7.53. The fourth-order valence-corrected chi connectivity index (χ4v) is 3.06. The summed E-state index contributed by atoms with van der Waals surface area (Å²) in [5.41, 5.74) is 1.63. The average Bonchev–Trinajstić information content (AvgIpc) is 2.53. The minimum absolute atomic E-state index is 0.221. The van der Waals surface area contributed by atoms with Crippen molar-refractivity contribution in [1.29, 1.82) is 0 Å². The predicted molar refractivity (Wildman–Crippen MR) is 79.2 cm³/mol. The summed E-state index contributed by atoms with van der Waals surface area (Å²) < 4.78 is 29.5. The first-order chi connectivity index (χ1) is 10.3. The molecular formula is C16H15FO3S. The lowest BCUT2D eigenvalue weighted by Crippen LogP contribution is -2.13. The fourth-order valence-electron chi connectivity index (χ4n) is 2.20. The van der Waals surface area contributed by atoms with E-state index in [9.17, 15) is 4.39 Å². The number of hydrogen-bond acceptors (Lipinski definition) is 4. The van der Waals surface area contributed by atoms with E-state index >= 15 is 0 Å². The monoisotopic (exact) mass is 306 g/mol. The van der Waals surface area contributed by atoms with Crippen LogP contribution in [0.15, 0.2) is 41.3 Å². The lowest BCUT2D eigenvalue weighted by Gasteiger charge is -2.20. The lowest BCUT2D eigenvalue weighted by atomic mass is 10.1. The third kappa shape index (κ3) is 3.31. The number of benzene rings is 2. The Bertz CT molecular complexity index is 628. The summed E-state index contributed by atoms with van der Waals surface area (Å²) >= 11 is 1.63. The molecule has 21 heavy (non-hydrogen) atoms. The molecule has 0 bridgehead atoms. The van der Waals surface area contributed by atoms with E-state index in [1.165, 1.54) is 12.1 Å². The quantitative estimate of drug-likeness (QED) is 0.798. The molecule has 5 heteroatoms. The van der Waals surface area contributed by atoms with E-state index in [1.807, 2.05) is 24.3 Å². The molecule has 1 heterocycles. The van der Waals surface area contributed by atoms with E-state index in [2.05, 4.69) is 0 Å². The number of hydrogen-bond donors (Lipinski definition) is 0. The van der Waals surface area contributed by atoms with Gasteiger partial charge in [-0.05, 0) is 36.4 Å². The third-order valence-corrected chi connectivity index (χ3v) is 4.27. The molecule has 0 radical (unpaired) electrons. The number of fused-ring (bicyclic) bond motifs is 1. The number of methoxy groups -OCH3 is 1. The highest BCUT2D eigenvalue weighted by Gasteiger charge is 2.17. The Kier molecular flexibility index (Phi) is 4.31. The third-order valence-electron chi connectivity index (χ3n) is 3.21. The van der Waals surface area contributed by atoms with E-state index in [4.69, 9.17) is 14.2 Å². The molecule has 110 valence electrons. The van der Waals surface area contributed by atoms with Gasteiger partial charge in [0.2, 0.25) is 0 Å². The second-order valence-electron chi connectivity index (χ2n) is 4.63. The van der Waals surface area contributed by atoms with Crippen LogP contribution in [-0.4, -0.2) is 13.9 Å². The summed E-state index contributed by atoms with van der Waals surface area (Å²) in [5, 5.41) is 0. The molecule has 0 unspecified atom stereocenters. The van der Waals surface area contributed by atoms with E-state index in [1.54, 1.807) is 18.9 Å². The number of ether oxygens (including phenoxy) is 3. The van der Waals surface area contributed by atoms with Gasteiger partial charge in [-0.3, -0.25) is 0 Å². The van der Waals surface area contributed by atoms with Gasteiger partial charge in [-0.1, -0.05) is 0 Å². The van der Waals surface area contributed by atoms with Gasteiger partial charge < -0.3 is 14.2 Å². The van der Waals surface area contributed by atoms with Crippen LogP contribution in [0, 0.1) is 5.82 Å². The summed E-state index contributed by atoms with van der Waals surface area (Å²) in [4.78, 5) is 1.10. The van der Waals surface area contributed by atoms with E-state index in [0.29, 0.717) is 12.4 Å². The largest absolute Gasteiger partial charge is 0.497 e. The molecule has 3 rings (SSSR count). The molecule has 0 atom stereocenters. The molecule has 0 N–H and O–H groups in total. The molecule has 0 aromatic heterocycles. The Labute approximate surface area is 127 Å². The van der Waals surface area contributed by atoms with Gasteiger partial charge in [-0.25, -0.2) is 4.39 Å². The molecule has 0 saturated carbocycles. The summed E-state index contributed by atoms with van der Waals surface area (Å²) in [6, 6.07) is 10.8. The second-order valence-corrected chi connectivity index (χ2v) is 5.68. The molecule has 2 aromatic carbocycles. The predicted octanol–water partition coefficient (Wildman–Crippen LogP) is 3.99. The Morgan fingerprint density at radius 3 is 2.81 bits per heavy atom. The fraction of sp³-hybridized carbons (Fsp3) is 0.250. The molecule has 0 amide bonds. The summed E-state index contributed by atoms with van der Waals surface area (Å²) in [6.45, 7) is 0.617. The number of halogens is 1. The minimum Gasteiger partial charge on any atom is -0.497 e. The van der Waals surface area contributed by atoms with Crippen LogP contribution in [0.4, 0.5) is 4.39 Å². The van der Waals surface area contributed by atoms with E-state index in [-0.39, 0.29) is 12.6 Å². The smallest absolute Gasteiger partial charge is 0.189 e. The maximum Gasteiger partial charge on any atom is 0.189 e. The Morgan fingerprint density at radius 2 is 2.05 bits per heavy atom. The van der Waals surface area contributed by atoms with Crippen molar-refractivity contribution in [3.63, 3.8) is 0 Å². The van der Waals surface area contributed by atoms with Crippen LogP contribution in [0.25, 0.3) is 0 Å². The highest BCUT2D eigenvalue weighted by atomic mass is 32.2. The normalized spacial score (nSPS) is 13.4. The van der Waals surface area contributed by atoms with Crippen LogP contribution < -0.4 is 9.47 Å². The van der Waals surface area contributed by atoms with Crippen LogP contribution in [0.1, 0.15) is 11.1 Å². The molecule has 0 aliphatic carbocycles. The first-order valence-electron chi connectivity index (χ1n) is 6.55. The minimum atomic E-state index is -0.256. The Balaban J connectivity index is 1.76. The second kappa shape index (κ2) is 6.37. The molecular weight excluding hydrogens is 291 g/mol. The van der Waals surface area contributed by atoms with Crippen molar-refractivity contribution in [3.8, 4) is 11.5 Å². The van der Waals surface area contributed by atoms with Gasteiger partial charge >= 0.3 is 0 Å². The van der Waals surface area contributed by atoms with Gasteiger partial charge in [0.05, 0.1) is 13.7 Å². The summed E-state index contributed by atoms with van der Waals surface area (Å²) in [7, 11) is 1.64. The Morgan fingerprint density at radius 1 is 1.24 bits per heavy atom. The van der Waals surface area contributed by atoms with Crippen molar-refractivity contribution in [1.82, 2.24) is 0 Å². The lowest BCUT2D eigenvalue weighted by molar-refractivity contribution is -0.0171. The standard InChI is InChI=1S/C16H15FO3S/c1-18-14-2-4-15(5-3-14)21-9-12-7-13(17)6-11-8-19-10-20-16(11)12/h2-7H,8-10H2,1H3. The van der Waals surface area contributed by atoms with Crippen molar-refractivity contribution < 1.29 is 18.6 Å². The topological polar surface area (TPSA) is 27.7 Å². The zero-order valence-electron chi connectivity index (χ0n) is 11.6. The maximum absolute atomic E-state index is 13.6. The maximum atomic E-state index is 13.6. The molecule has 1 aliphatic rings. The number of thioether (sulfide) groups is 1. The van der Waals surface area contributed by atoms with Crippen molar-refractivity contribution in [2.24, 2.45) is 0 Å². The molecule has 1 aliphatic heterocycles. The van der Waals surface area contributed by atoms with E-state index < -0.39 is 0 Å². The highest BCUT2D eigenvalue weighted by Crippen LogP contribution is 2.34. The van der Waals surface area contributed by atoms with E-state index in [0.717, 1.165) is 27.5 Å². The van der Waals surface area contributed by atoms with Crippen LogP contribution in [-0.2, 0) is 17.1 Å². The van der Waals surface area contributed by atoms with Crippen molar-refractivity contribution in [3.05, 3.63) is 53.3 Å². The SMILES string of the molecule is COc1ccc(SCc2cc(F)cc3c2OCOC3)cc1. The van der Waals surface area contributed by atoms with Gasteiger partial charge in [0.25, 0.3) is 0 Å². The van der Waals surface area contributed by atoms with Gasteiger partial charge in [0.15, 0.2) is 6.79 Å². The van der Waals surface area contributed by atoms with Gasteiger partial charge in [0.1, 0.15) is 17.3 Å². The Hall–Kier alpha value is -1.72. The van der Waals surface area contributed by atoms with Crippen molar-refractivity contribution >= 4 is 11.8 Å². The zero-order valence-corrected chi connectivity index (χ0v) is 12.4. The average molecular weight is 306 g/mol. The van der Waals surface area contributed by atoms with Gasteiger partial charge in [-0.2, -0.15) is 0 Å². The van der Waals surface area contributed by atoms with Crippen LogP contribution >= 0.6 is 11.8 Å². The van der Waals surface area contributed by atoms with Crippen molar-refractivity contribution in [2.45, 2.75) is 17.3 Å². The van der Waals surface area contributed by atoms with Gasteiger partial charge in [-0.15, -0.1) is 11.8 Å². The summed E-state index contributed by atoms with van der Waals surface area (Å²) in [6.07, 6.45) is 0. The van der Waals surface area contributed by atoms with Crippen LogP contribution in [0.2, 0.25) is 0 Å². The van der Waals surface area contributed by atoms with Gasteiger partial charge in [0, 0.05) is 21.8 Å². The van der Waals surface area contributed by atoms with Crippen LogP contribution in [0.5, 0.6) is 11.5 Å². The van der Waals surface area contributed by atoms with Crippen LogP contribution in [0.3, 0.4) is 0 Å². The zero-order chi connectivity index (χ0) is 14.7. The molecule has 0 saturated heterocycles. The summed E-state index contributed by atoms with van der Waals surface area (Å²) in [5.74, 6) is 1.96.